The Labute approximate surface area is 99.1 Å². The molecule has 0 aliphatic carbocycles. The number of aromatic nitrogens is 1. The van der Waals surface area contributed by atoms with Crippen LogP contribution >= 0.6 is 0 Å². The molecule has 0 aliphatic heterocycles. The van der Waals surface area contributed by atoms with Gasteiger partial charge in [-0.15, -0.1) is 0 Å². The average Bonchev–Trinajstić information content (AvgIpc) is 2.29. The third-order valence-electron chi connectivity index (χ3n) is 2.21. The molecule has 2 aromatic rings. The van der Waals surface area contributed by atoms with Crippen molar-refractivity contribution in [2.75, 3.05) is 0 Å². The number of pyridine rings is 1. The Kier molecular flexibility index (Phi) is 3.05. The maximum absolute atomic E-state index is 11.0. The zero-order valence-electron chi connectivity index (χ0n) is 9.38. The predicted octanol–water partition coefficient (Wildman–Crippen LogP) is 2.28. The molecule has 1 aromatic heterocycles. The van der Waals surface area contributed by atoms with Gasteiger partial charge >= 0.3 is 0 Å². The van der Waals surface area contributed by atoms with E-state index >= 15 is 0 Å². The van der Waals surface area contributed by atoms with Crippen LogP contribution in [0.4, 0.5) is 0 Å². The van der Waals surface area contributed by atoms with E-state index in [-0.39, 0.29) is 5.69 Å². The van der Waals surface area contributed by atoms with Crippen molar-refractivity contribution in [3.8, 4) is 11.5 Å². The SMILES string of the molecule is Cc1cccc(Oc2ccnc(C(N)=O)c2)c1. The first-order valence-electron chi connectivity index (χ1n) is 5.15. The molecule has 4 heteroatoms. The maximum atomic E-state index is 11.0. The molecular weight excluding hydrogens is 216 g/mol. The largest absolute Gasteiger partial charge is 0.457 e. The lowest BCUT2D eigenvalue weighted by atomic mass is 10.2. The van der Waals surface area contributed by atoms with E-state index in [9.17, 15) is 4.79 Å². The summed E-state index contributed by atoms with van der Waals surface area (Å²) in [7, 11) is 0. The Bertz CT molecular complexity index is 553. The Balaban J connectivity index is 2.24. The smallest absolute Gasteiger partial charge is 0.267 e. The molecule has 86 valence electrons. The lowest BCUT2D eigenvalue weighted by Gasteiger charge is -2.06. The number of hydrogen-bond acceptors (Lipinski definition) is 3. The standard InChI is InChI=1S/C13H12N2O2/c1-9-3-2-4-10(7-9)17-11-5-6-15-12(8-11)13(14)16/h2-8H,1H3,(H2,14,16). The fourth-order valence-electron chi connectivity index (χ4n) is 1.42. The summed E-state index contributed by atoms with van der Waals surface area (Å²) < 4.78 is 5.60. The van der Waals surface area contributed by atoms with Crippen LogP contribution < -0.4 is 10.5 Å². The number of hydrogen-bond donors (Lipinski definition) is 1. The number of primary amides is 1. The molecule has 0 saturated carbocycles. The molecule has 4 nitrogen and oxygen atoms in total. The Morgan fingerprint density at radius 3 is 2.71 bits per heavy atom. The third kappa shape index (κ3) is 2.81. The Morgan fingerprint density at radius 2 is 2.00 bits per heavy atom. The van der Waals surface area contributed by atoms with Crippen molar-refractivity contribution in [1.29, 1.82) is 0 Å². The summed E-state index contributed by atoms with van der Waals surface area (Å²) >= 11 is 0. The van der Waals surface area contributed by atoms with E-state index in [0.717, 1.165) is 5.56 Å². The lowest BCUT2D eigenvalue weighted by molar-refractivity contribution is 0.0995. The van der Waals surface area contributed by atoms with Crippen molar-refractivity contribution < 1.29 is 9.53 Å². The van der Waals surface area contributed by atoms with E-state index in [1.807, 2.05) is 31.2 Å². The number of carbonyl (C=O) groups excluding carboxylic acids is 1. The van der Waals surface area contributed by atoms with E-state index in [2.05, 4.69) is 4.98 Å². The first-order chi connectivity index (χ1) is 8.15. The predicted molar refractivity (Wildman–Crippen MR) is 64.0 cm³/mol. The summed E-state index contributed by atoms with van der Waals surface area (Å²) in [5.41, 5.74) is 6.44. The minimum atomic E-state index is -0.570. The van der Waals surface area contributed by atoms with Crippen molar-refractivity contribution in [2.24, 2.45) is 5.73 Å². The summed E-state index contributed by atoms with van der Waals surface area (Å²) in [4.78, 5) is 14.8. The zero-order valence-corrected chi connectivity index (χ0v) is 9.38. The second-order valence-electron chi connectivity index (χ2n) is 3.66. The first-order valence-corrected chi connectivity index (χ1v) is 5.15. The molecule has 2 rings (SSSR count). The molecule has 0 atom stereocenters. The average molecular weight is 228 g/mol. The number of nitrogens with two attached hydrogens (primary N) is 1. The van der Waals surface area contributed by atoms with Crippen LogP contribution in [0, 0.1) is 6.92 Å². The van der Waals surface area contributed by atoms with Crippen LogP contribution in [-0.4, -0.2) is 10.9 Å². The van der Waals surface area contributed by atoms with Gasteiger partial charge in [-0.05, 0) is 30.7 Å². The van der Waals surface area contributed by atoms with Gasteiger partial charge in [0.05, 0.1) is 0 Å². The Morgan fingerprint density at radius 1 is 1.24 bits per heavy atom. The summed E-state index contributed by atoms with van der Waals surface area (Å²) in [5.74, 6) is 0.686. The molecule has 0 radical (unpaired) electrons. The minimum absolute atomic E-state index is 0.190. The molecule has 0 unspecified atom stereocenters. The highest BCUT2D eigenvalue weighted by Crippen LogP contribution is 2.21. The van der Waals surface area contributed by atoms with Gasteiger partial charge in [0.15, 0.2) is 0 Å². The van der Waals surface area contributed by atoms with Gasteiger partial charge in [-0.25, -0.2) is 0 Å². The number of amides is 1. The molecule has 17 heavy (non-hydrogen) atoms. The summed E-state index contributed by atoms with van der Waals surface area (Å²) in [5, 5.41) is 0. The van der Waals surface area contributed by atoms with Crippen molar-refractivity contribution in [3.63, 3.8) is 0 Å². The van der Waals surface area contributed by atoms with Gasteiger partial charge in [-0.1, -0.05) is 12.1 Å². The molecule has 0 aliphatic rings. The van der Waals surface area contributed by atoms with Crippen LogP contribution in [0.3, 0.4) is 0 Å². The Hall–Kier alpha value is -2.36. The molecule has 1 heterocycles. The number of ether oxygens (including phenoxy) is 1. The fourth-order valence-corrected chi connectivity index (χ4v) is 1.42. The number of benzene rings is 1. The second-order valence-corrected chi connectivity index (χ2v) is 3.66. The molecule has 2 N–H and O–H groups in total. The van der Waals surface area contributed by atoms with Crippen LogP contribution in [0.5, 0.6) is 11.5 Å². The topological polar surface area (TPSA) is 65.2 Å². The van der Waals surface area contributed by atoms with Gasteiger partial charge in [0, 0.05) is 12.3 Å². The lowest BCUT2D eigenvalue weighted by Crippen LogP contribution is -2.12. The van der Waals surface area contributed by atoms with E-state index in [4.69, 9.17) is 10.5 Å². The van der Waals surface area contributed by atoms with Crippen molar-refractivity contribution in [3.05, 3.63) is 53.9 Å². The number of aryl methyl sites for hydroxylation is 1. The highest BCUT2D eigenvalue weighted by atomic mass is 16.5. The fraction of sp³-hybridized carbons (Fsp3) is 0.0769. The zero-order chi connectivity index (χ0) is 12.3. The van der Waals surface area contributed by atoms with Gasteiger partial charge in [0.25, 0.3) is 5.91 Å². The number of carbonyl (C=O) groups is 1. The van der Waals surface area contributed by atoms with Gasteiger partial charge in [0.1, 0.15) is 17.2 Å². The summed E-state index contributed by atoms with van der Waals surface area (Å²) in [6.07, 6.45) is 1.49. The van der Waals surface area contributed by atoms with Crippen LogP contribution in [0.2, 0.25) is 0 Å². The van der Waals surface area contributed by atoms with E-state index in [1.54, 1.807) is 6.07 Å². The molecule has 1 amide bonds. The highest BCUT2D eigenvalue weighted by Gasteiger charge is 2.04. The van der Waals surface area contributed by atoms with Gasteiger partial charge in [0.2, 0.25) is 0 Å². The van der Waals surface area contributed by atoms with E-state index < -0.39 is 5.91 Å². The first kappa shape index (κ1) is 11.1. The normalized spacial score (nSPS) is 9.94. The third-order valence-corrected chi connectivity index (χ3v) is 2.21. The maximum Gasteiger partial charge on any atom is 0.267 e. The van der Waals surface area contributed by atoms with Crippen molar-refractivity contribution in [1.82, 2.24) is 4.98 Å². The molecule has 0 fully saturated rings. The van der Waals surface area contributed by atoms with Crippen LogP contribution in [0.1, 0.15) is 16.1 Å². The van der Waals surface area contributed by atoms with Crippen molar-refractivity contribution in [2.45, 2.75) is 6.92 Å². The van der Waals surface area contributed by atoms with Crippen molar-refractivity contribution >= 4 is 5.91 Å². The number of rotatable bonds is 3. The van der Waals surface area contributed by atoms with Crippen LogP contribution in [0.15, 0.2) is 42.6 Å². The summed E-state index contributed by atoms with van der Waals surface area (Å²) in [6.45, 7) is 1.98. The molecule has 0 spiro atoms. The molecule has 0 bridgehead atoms. The highest BCUT2D eigenvalue weighted by molar-refractivity contribution is 5.91. The van der Waals surface area contributed by atoms with Gasteiger partial charge in [-0.3, -0.25) is 9.78 Å². The minimum Gasteiger partial charge on any atom is -0.457 e. The van der Waals surface area contributed by atoms with Crippen LogP contribution in [0.25, 0.3) is 0 Å². The quantitative estimate of drug-likeness (QED) is 0.876. The monoisotopic (exact) mass is 228 g/mol. The van der Waals surface area contributed by atoms with E-state index in [0.29, 0.717) is 11.5 Å². The summed E-state index contributed by atoms with van der Waals surface area (Å²) in [6, 6.07) is 10.8. The second kappa shape index (κ2) is 4.65. The van der Waals surface area contributed by atoms with Gasteiger partial charge < -0.3 is 10.5 Å². The molecular formula is C13H12N2O2. The molecule has 0 saturated heterocycles. The van der Waals surface area contributed by atoms with Gasteiger partial charge in [-0.2, -0.15) is 0 Å². The molecule has 1 aromatic carbocycles. The van der Waals surface area contributed by atoms with E-state index in [1.165, 1.54) is 12.3 Å². The van der Waals surface area contributed by atoms with Crippen LogP contribution in [-0.2, 0) is 0 Å². The number of nitrogens with zero attached hydrogens (tertiary/aromatic N) is 1.